The van der Waals surface area contributed by atoms with E-state index in [0.29, 0.717) is 0 Å². The summed E-state index contributed by atoms with van der Waals surface area (Å²) in [7, 11) is 0. The Kier molecular flexibility index (Phi) is 9.05. The van der Waals surface area contributed by atoms with Gasteiger partial charge in [0.2, 0.25) is 0 Å². The lowest BCUT2D eigenvalue weighted by atomic mass is 10.3. The molecule has 0 aromatic carbocycles. The van der Waals surface area contributed by atoms with Crippen LogP contribution in [0.5, 0.6) is 0 Å². The van der Waals surface area contributed by atoms with Gasteiger partial charge < -0.3 is 0 Å². The lowest BCUT2D eigenvalue weighted by Crippen LogP contribution is -2.22. The van der Waals surface area contributed by atoms with Gasteiger partial charge in [-0.05, 0) is 24.8 Å². The SMILES string of the molecule is CCCCN(CCCC)SC(Cl)(Cl)Cl. The Labute approximate surface area is 107 Å². The molecule has 0 spiro atoms. The number of rotatable bonds is 7. The van der Waals surface area contributed by atoms with Gasteiger partial charge >= 0.3 is 0 Å². The van der Waals surface area contributed by atoms with E-state index < -0.39 is 3.12 Å². The highest BCUT2D eigenvalue weighted by molar-refractivity contribution is 8.02. The van der Waals surface area contributed by atoms with Crippen LogP contribution in [0.4, 0.5) is 0 Å². The molecular formula is C9H18Cl3NS. The molecule has 14 heavy (non-hydrogen) atoms. The first kappa shape index (κ1) is 15.2. The molecular weight excluding hydrogens is 261 g/mol. The first-order valence-corrected chi connectivity index (χ1v) is 6.91. The van der Waals surface area contributed by atoms with Crippen molar-refractivity contribution in [2.75, 3.05) is 13.1 Å². The fourth-order valence-electron chi connectivity index (χ4n) is 1.02. The highest BCUT2D eigenvalue weighted by Gasteiger charge is 2.24. The zero-order valence-corrected chi connectivity index (χ0v) is 11.8. The second-order valence-electron chi connectivity index (χ2n) is 3.17. The van der Waals surface area contributed by atoms with Crippen molar-refractivity contribution >= 4 is 46.8 Å². The lowest BCUT2D eigenvalue weighted by Gasteiger charge is -2.24. The molecule has 5 heteroatoms. The second kappa shape index (κ2) is 8.35. The molecule has 0 aliphatic rings. The molecule has 0 N–H and O–H groups in total. The largest absolute Gasteiger partial charge is 0.251 e. The van der Waals surface area contributed by atoms with E-state index in [9.17, 15) is 0 Å². The molecule has 0 aliphatic carbocycles. The Balaban J connectivity index is 3.84. The van der Waals surface area contributed by atoms with E-state index in [-0.39, 0.29) is 0 Å². The Morgan fingerprint density at radius 3 is 1.71 bits per heavy atom. The maximum absolute atomic E-state index is 5.74. The van der Waals surface area contributed by atoms with Crippen LogP contribution in [0.2, 0.25) is 0 Å². The smallest absolute Gasteiger partial charge is 0.247 e. The van der Waals surface area contributed by atoms with Crippen molar-refractivity contribution in [3.63, 3.8) is 0 Å². The number of halogens is 3. The average molecular weight is 279 g/mol. The van der Waals surface area contributed by atoms with Crippen LogP contribution in [0.25, 0.3) is 0 Å². The van der Waals surface area contributed by atoms with Gasteiger partial charge in [-0.2, -0.15) is 0 Å². The van der Waals surface area contributed by atoms with Crippen molar-refractivity contribution in [1.29, 1.82) is 0 Å². The van der Waals surface area contributed by atoms with Crippen molar-refractivity contribution in [3.8, 4) is 0 Å². The maximum Gasteiger partial charge on any atom is 0.251 e. The highest BCUT2D eigenvalue weighted by atomic mass is 35.6. The van der Waals surface area contributed by atoms with Crippen LogP contribution in [0, 0.1) is 0 Å². The zero-order valence-electron chi connectivity index (χ0n) is 8.73. The molecule has 0 heterocycles. The second-order valence-corrected chi connectivity index (χ2v) is 7.44. The fraction of sp³-hybridized carbons (Fsp3) is 1.00. The number of alkyl halides is 3. The zero-order chi connectivity index (χ0) is 11.0. The van der Waals surface area contributed by atoms with Crippen molar-refractivity contribution in [3.05, 3.63) is 0 Å². The molecule has 1 nitrogen and oxygen atoms in total. The van der Waals surface area contributed by atoms with Gasteiger partial charge in [0.05, 0.1) is 0 Å². The van der Waals surface area contributed by atoms with Gasteiger partial charge in [0.15, 0.2) is 0 Å². The molecule has 0 rings (SSSR count). The molecule has 0 fully saturated rings. The lowest BCUT2D eigenvalue weighted by molar-refractivity contribution is 0.444. The summed E-state index contributed by atoms with van der Waals surface area (Å²) in [5, 5.41) is 0. The van der Waals surface area contributed by atoms with Gasteiger partial charge in [0, 0.05) is 13.1 Å². The molecule has 0 unspecified atom stereocenters. The predicted molar refractivity (Wildman–Crippen MR) is 69.3 cm³/mol. The normalized spacial score (nSPS) is 12.4. The highest BCUT2D eigenvalue weighted by Crippen LogP contribution is 2.41. The van der Waals surface area contributed by atoms with Crippen molar-refractivity contribution < 1.29 is 0 Å². The molecule has 0 bridgehead atoms. The van der Waals surface area contributed by atoms with Crippen LogP contribution >= 0.6 is 46.8 Å². The maximum atomic E-state index is 5.74. The van der Waals surface area contributed by atoms with Gasteiger partial charge in [0.25, 0.3) is 3.12 Å². The van der Waals surface area contributed by atoms with Gasteiger partial charge in [-0.25, -0.2) is 4.31 Å². The first-order valence-electron chi connectivity index (χ1n) is 5.00. The summed E-state index contributed by atoms with van der Waals surface area (Å²) < 4.78 is 0.932. The Bertz CT molecular complexity index is 131. The van der Waals surface area contributed by atoms with Crippen molar-refractivity contribution in [1.82, 2.24) is 4.31 Å². The Hall–Kier alpha value is 1.18. The van der Waals surface area contributed by atoms with Crippen LogP contribution in [0.15, 0.2) is 0 Å². The van der Waals surface area contributed by atoms with Crippen molar-refractivity contribution in [2.24, 2.45) is 0 Å². The molecule has 0 atom stereocenters. The minimum Gasteiger partial charge on any atom is -0.247 e. The number of unbranched alkanes of at least 4 members (excludes halogenated alkanes) is 2. The number of nitrogens with zero attached hydrogens (tertiary/aromatic N) is 1. The number of hydrogen-bond acceptors (Lipinski definition) is 2. The van der Waals surface area contributed by atoms with Crippen LogP contribution in [-0.2, 0) is 0 Å². The van der Waals surface area contributed by atoms with E-state index in [4.69, 9.17) is 34.8 Å². The summed E-state index contributed by atoms with van der Waals surface area (Å²) in [6.07, 6.45) is 4.64. The minimum absolute atomic E-state index is 0.995. The van der Waals surface area contributed by atoms with Crippen LogP contribution in [0.3, 0.4) is 0 Å². The predicted octanol–water partition coefficient (Wildman–Crippen LogP) is 4.86. The molecule has 0 aliphatic heterocycles. The third-order valence-electron chi connectivity index (χ3n) is 1.75. The summed E-state index contributed by atoms with van der Waals surface area (Å²) in [6.45, 7) is 6.32. The summed E-state index contributed by atoms with van der Waals surface area (Å²) in [5.41, 5.74) is 0. The van der Waals surface area contributed by atoms with Crippen LogP contribution in [-0.4, -0.2) is 20.5 Å². The topological polar surface area (TPSA) is 3.24 Å². The first-order chi connectivity index (χ1) is 6.49. The molecule has 0 aromatic rings. The third-order valence-corrected chi connectivity index (χ3v) is 3.21. The summed E-state index contributed by atoms with van der Waals surface area (Å²) in [4.78, 5) is 0. The van der Waals surface area contributed by atoms with E-state index in [2.05, 4.69) is 18.2 Å². The van der Waals surface area contributed by atoms with E-state index in [1.54, 1.807) is 0 Å². The molecule has 0 amide bonds. The minimum atomic E-state index is -1.22. The van der Waals surface area contributed by atoms with Crippen LogP contribution in [0.1, 0.15) is 39.5 Å². The van der Waals surface area contributed by atoms with E-state index in [1.807, 2.05) is 0 Å². The van der Waals surface area contributed by atoms with Gasteiger partial charge in [-0.15, -0.1) is 0 Å². The van der Waals surface area contributed by atoms with Gasteiger partial charge in [-0.3, -0.25) is 0 Å². The van der Waals surface area contributed by atoms with Crippen LogP contribution < -0.4 is 0 Å². The summed E-state index contributed by atoms with van der Waals surface area (Å²) in [5.74, 6) is 0. The average Bonchev–Trinajstić information content (AvgIpc) is 2.07. The monoisotopic (exact) mass is 277 g/mol. The summed E-state index contributed by atoms with van der Waals surface area (Å²) >= 11 is 18.5. The number of hydrogen-bond donors (Lipinski definition) is 0. The Morgan fingerprint density at radius 1 is 1.00 bits per heavy atom. The standard InChI is InChI=1S/C9H18Cl3NS/c1-3-5-7-13(8-6-4-2)14-9(10,11)12/h3-8H2,1-2H3. The van der Waals surface area contributed by atoms with Gasteiger partial charge in [0.1, 0.15) is 0 Å². The third kappa shape index (κ3) is 9.72. The molecule has 0 aromatic heterocycles. The quantitative estimate of drug-likeness (QED) is 0.483. The molecule has 0 saturated heterocycles. The molecule has 86 valence electrons. The molecule has 0 radical (unpaired) electrons. The molecule has 0 saturated carbocycles. The van der Waals surface area contributed by atoms with Gasteiger partial charge in [-0.1, -0.05) is 61.5 Å². The van der Waals surface area contributed by atoms with E-state index >= 15 is 0 Å². The fourth-order valence-corrected chi connectivity index (χ4v) is 2.63. The summed E-state index contributed by atoms with van der Waals surface area (Å²) in [6, 6.07) is 0. The van der Waals surface area contributed by atoms with Crippen molar-refractivity contribution in [2.45, 2.75) is 42.7 Å². The Morgan fingerprint density at radius 2 is 1.43 bits per heavy atom. The van der Waals surface area contributed by atoms with E-state index in [0.717, 1.165) is 25.9 Å². The van der Waals surface area contributed by atoms with E-state index in [1.165, 1.54) is 24.8 Å².